The second kappa shape index (κ2) is 8.51. The maximum atomic E-state index is 12.2. The number of ketones is 1. The molecule has 0 spiro atoms. The first-order valence-electron chi connectivity index (χ1n) is 7.63. The summed E-state index contributed by atoms with van der Waals surface area (Å²) >= 11 is 0. The van der Waals surface area contributed by atoms with Gasteiger partial charge in [-0.2, -0.15) is 0 Å². The average molecular weight is 307 g/mol. The highest BCUT2D eigenvalue weighted by molar-refractivity contribution is 5.83. The lowest BCUT2D eigenvalue weighted by atomic mass is 9.88. The zero-order valence-corrected chi connectivity index (χ0v) is 13.5. The first kappa shape index (κ1) is 18.1. The number of carbonyl (C=O) groups excluding carboxylic acids is 3. The van der Waals surface area contributed by atoms with E-state index in [4.69, 9.17) is 10.5 Å². The van der Waals surface area contributed by atoms with Gasteiger partial charge in [-0.25, -0.2) is 0 Å². The van der Waals surface area contributed by atoms with Crippen molar-refractivity contribution in [3.63, 3.8) is 0 Å². The summed E-state index contributed by atoms with van der Waals surface area (Å²) in [5.74, 6) is -1.10. The minimum Gasteiger partial charge on any atom is -0.462 e. The minimum absolute atomic E-state index is 0.0291. The van der Waals surface area contributed by atoms with Gasteiger partial charge < -0.3 is 10.5 Å². The Bertz CT molecular complexity index is 491. The van der Waals surface area contributed by atoms with Crippen molar-refractivity contribution >= 4 is 17.7 Å². The molecule has 3 unspecified atom stereocenters. The smallest absolute Gasteiger partial charge is 0.306 e. The van der Waals surface area contributed by atoms with Crippen LogP contribution >= 0.6 is 0 Å². The van der Waals surface area contributed by atoms with Crippen molar-refractivity contribution in [2.45, 2.75) is 52.6 Å². The van der Waals surface area contributed by atoms with Crippen molar-refractivity contribution in [3.05, 3.63) is 23.8 Å². The third-order valence-corrected chi connectivity index (χ3v) is 3.72. The SMILES string of the molecule is C/C=C\C(C)=C\C(C)C(=O)CC1CC(CC(N)=O)CC(=O)O1. The Hall–Kier alpha value is -1.91. The molecule has 122 valence electrons. The maximum absolute atomic E-state index is 12.2. The van der Waals surface area contributed by atoms with E-state index >= 15 is 0 Å². The molecule has 0 radical (unpaired) electrons. The fourth-order valence-electron chi connectivity index (χ4n) is 2.75. The molecule has 1 rings (SSSR count). The second-order valence-electron chi connectivity index (χ2n) is 5.96. The molecule has 0 bridgehead atoms. The van der Waals surface area contributed by atoms with Crippen LogP contribution in [0, 0.1) is 11.8 Å². The Labute approximate surface area is 131 Å². The highest BCUT2D eigenvalue weighted by Crippen LogP contribution is 2.26. The van der Waals surface area contributed by atoms with Crippen molar-refractivity contribution in [2.24, 2.45) is 17.6 Å². The first-order chi connectivity index (χ1) is 10.3. The predicted octanol–water partition coefficient (Wildman–Crippen LogP) is 2.30. The molecule has 3 atom stereocenters. The monoisotopic (exact) mass is 307 g/mol. The van der Waals surface area contributed by atoms with Gasteiger partial charge in [0.15, 0.2) is 0 Å². The van der Waals surface area contributed by atoms with Crippen molar-refractivity contribution in [1.29, 1.82) is 0 Å². The van der Waals surface area contributed by atoms with Crippen LogP contribution in [-0.4, -0.2) is 23.8 Å². The molecule has 1 amide bonds. The molecule has 0 aromatic rings. The summed E-state index contributed by atoms with van der Waals surface area (Å²) in [4.78, 5) is 34.8. The molecule has 1 aliphatic heterocycles. The van der Waals surface area contributed by atoms with Gasteiger partial charge >= 0.3 is 5.97 Å². The van der Waals surface area contributed by atoms with Crippen LogP contribution in [0.2, 0.25) is 0 Å². The normalized spacial score (nSPS) is 24.1. The highest BCUT2D eigenvalue weighted by atomic mass is 16.5. The third kappa shape index (κ3) is 6.24. The number of cyclic esters (lactones) is 1. The molecule has 5 nitrogen and oxygen atoms in total. The van der Waals surface area contributed by atoms with Crippen molar-refractivity contribution in [1.82, 2.24) is 0 Å². The van der Waals surface area contributed by atoms with Crippen LogP contribution in [-0.2, 0) is 19.1 Å². The van der Waals surface area contributed by atoms with E-state index in [9.17, 15) is 14.4 Å². The summed E-state index contributed by atoms with van der Waals surface area (Å²) in [5, 5.41) is 0. The van der Waals surface area contributed by atoms with E-state index in [1.54, 1.807) is 0 Å². The molecule has 0 saturated carbocycles. The lowest BCUT2D eigenvalue weighted by Gasteiger charge is -2.28. The van der Waals surface area contributed by atoms with Gasteiger partial charge in [-0.1, -0.05) is 30.7 Å². The van der Waals surface area contributed by atoms with Gasteiger partial charge in [0.1, 0.15) is 11.9 Å². The van der Waals surface area contributed by atoms with Gasteiger partial charge in [0.05, 0.1) is 0 Å². The molecular weight excluding hydrogens is 282 g/mol. The molecular formula is C17H25NO4. The Kier molecular flexibility index (Phi) is 7.02. The molecule has 0 aromatic carbocycles. The Morgan fingerprint density at radius 2 is 2.09 bits per heavy atom. The number of rotatable bonds is 7. The van der Waals surface area contributed by atoms with E-state index in [1.807, 2.05) is 39.0 Å². The molecule has 2 N–H and O–H groups in total. The lowest BCUT2D eigenvalue weighted by molar-refractivity contribution is -0.158. The van der Waals surface area contributed by atoms with E-state index in [-0.39, 0.29) is 42.9 Å². The number of amides is 1. The lowest BCUT2D eigenvalue weighted by Crippen LogP contribution is -2.34. The van der Waals surface area contributed by atoms with E-state index in [2.05, 4.69) is 0 Å². The van der Waals surface area contributed by atoms with E-state index in [0.29, 0.717) is 6.42 Å². The molecule has 0 aliphatic carbocycles. The van der Waals surface area contributed by atoms with Crippen LogP contribution < -0.4 is 5.73 Å². The molecule has 1 aliphatic rings. The molecule has 1 fully saturated rings. The number of hydrogen-bond acceptors (Lipinski definition) is 4. The molecule has 5 heteroatoms. The van der Waals surface area contributed by atoms with Crippen molar-refractivity contribution < 1.29 is 19.1 Å². The fraction of sp³-hybridized carbons (Fsp3) is 0.588. The summed E-state index contributed by atoms with van der Waals surface area (Å²) in [6, 6.07) is 0. The summed E-state index contributed by atoms with van der Waals surface area (Å²) in [7, 11) is 0. The van der Waals surface area contributed by atoms with Gasteiger partial charge in [-0.05, 0) is 26.2 Å². The number of nitrogens with two attached hydrogens (primary N) is 1. The number of primary amides is 1. The van der Waals surface area contributed by atoms with Gasteiger partial charge in [0.2, 0.25) is 5.91 Å². The largest absolute Gasteiger partial charge is 0.462 e. The van der Waals surface area contributed by atoms with E-state index in [0.717, 1.165) is 5.57 Å². The van der Waals surface area contributed by atoms with Crippen molar-refractivity contribution in [3.8, 4) is 0 Å². The first-order valence-corrected chi connectivity index (χ1v) is 7.63. The quantitative estimate of drug-likeness (QED) is 0.577. The molecule has 1 saturated heterocycles. The summed E-state index contributed by atoms with van der Waals surface area (Å²) in [6.07, 6.45) is 6.36. The standard InChI is InChI=1S/C17H25NO4/c1-4-5-11(2)6-12(3)15(19)10-14-7-13(8-16(18)20)9-17(21)22-14/h4-6,12-14H,7-10H2,1-3H3,(H2,18,20)/b5-4-,11-6+. The molecule has 1 heterocycles. The van der Waals surface area contributed by atoms with Gasteiger partial charge in [0, 0.05) is 25.2 Å². The zero-order valence-electron chi connectivity index (χ0n) is 13.5. The van der Waals surface area contributed by atoms with Crippen LogP contribution in [0.15, 0.2) is 23.8 Å². The van der Waals surface area contributed by atoms with E-state index < -0.39 is 12.0 Å². The van der Waals surface area contributed by atoms with Gasteiger partial charge in [-0.15, -0.1) is 0 Å². The summed E-state index contributed by atoms with van der Waals surface area (Å²) < 4.78 is 5.22. The summed E-state index contributed by atoms with van der Waals surface area (Å²) in [6.45, 7) is 5.69. The van der Waals surface area contributed by atoms with Crippen LogP contribution in [0.5, 0.6) is 0 Å². The Morgan fingerprint density at radius 3 is 2.68 bits per heavy atom. The number of allylic oxidation sites excluding steroid dienone is 4. The maximum Gasteiger partial charge on any atom is 0.306 e. The molecule has 22 heavy (non-hydrogen) atoms. The molecule has 0 aromatic heterocycles. The van der Waals surface area contributed by atoms with Crippen LogP contribution in [0.1, 0.15) is 46.5 Å². The fourth-order valence-corrected chi connectivity index (χ4v) is 2.75. The predicted molar refractivity (Wildman–Crippen MR) is 83.8 cm³/mol. The zero-order chi connectivity index (χ0) is 16.7. The number of carbonyl (C=O) groups is 3. The topological polar surface area (TPSA) is 86.5 Å². The van der Waals surface area contributed by atoms with Crippen molar-refractivity contribution in [2.75, 3.05) is 0 Å². The van der Waals surface area contributed by atoms with Crippen LogP contribution in [0.25, 0.3) is 0 Å². The van der Waals surface area contributed by atoms with E-state index in [1.165, 1.54) is 0 Å². The average Bonchev–Trinajstić information content (AvgIpc) is 2.36. The van der Waals surface area contributed by atoms with Gasteiger partial charge in [0.25, 0.3) is 0 Å². The second-order valence-corrected chi connectivity index (χ2v) is 5.96. The number of ether oxygens (including phenoxy) is 1. The van der Waals surface area contributed by atoms with Crippen LogP contribution in [0.3, 0.4) is 0 Å². The minimum atomic E-state index is -0.448. The number of Topliss-reactive ketones (excluding diaryl/α,β-unsaturated/α-hetero) is 1. The van der Waals surface area contributed by atoms with Crippen LogP contribution in [0.4, 0.5) is 0 Å². The Balaban J connectivity index is 2.60. The van der Waals surface area contributed by atoms with Gasteiger partial charge in [-0.3, -0.25) is 14.4 Å². The third-order valence-electron chi connectivity index (χ3n) is 3.72. The highest BCUT2D eigenvalue weighted by Gasteiger charge is 2.31. The number of hydrogen-bond donors (Lipinski definition) is 1. The number of esters is 1. The summed E-state index contributed by atoms with van der Waals surface area (Å²) in [5.41, 5.74) is 6.20. The Morgan fingerprint density at radius 1 is 1.41 bits per heavy atom.